The second-order valence-corrected chi connectivity index (χ2v) is 6.09. The van der Waals surface area contributed by atoms with Gasteiger partial charge in [-0.05, 0) is 36.4 Å². The van der Waals surface area contributed by atoms with Crippen molar-refractivity contribution in [2.24, 2.45) is 0 Å². The van der Waals surface area contributed by atoms with E-state index in [1.54, 1.807) is 34.1 Å². The van der Waals surface area contributed by atoms with Gasteiger partial charge >= 0.3 is 6.03 Å². The van der Waals surface area contributed by atoms with Gasteiger partial charge in [0, 0.05) is 31.9 Å². The van der Waals surface area contributed by atoms with Crippen molar-refractivity contribution in [2.45, 2.75) is 0 Å². The quantitative estimate of drug-likeness (QED) is 0.902. The second-order valence-electron chi connectivity index (χ2n) is 6.09. The zero-order valence-corrected chi connectivity index (χ0v) is 14.8. The van der Waals surface area contributed by atoms with Crippen LogP contribution in [0.2, 0.25) is 0 Å². The molecule has 3 rings (SSSR count). The molecule has 0 aromatic heterocycles. The first-order valence-electron chi connectivity index (χ1n) is 8.67. The molecule has 7 nitrogen and oxygen atoms in total. The minimum atomic E-state index is -0.165. The number of para-hydroxylation sites is 1. The first-order valence-corrected chi connectivity index (χ1v) is 8.67. The SMILES string of the molecule is N#Cc1ccc(OCC(=O)N2CCN(C(=O)Nc3ccccc3)CC2)cc1. The molecule has 0 bridgehead atoms. The monoisotopic (exact) mass is 364 g/mol. The van der Waals surface area contributed by atoms with E-state index in [0.29, 0.717) is 37.5 Å². The number of amides is 3. The average Bonchev–Trinajstić information content (AvgIpc) is 2.73. The zero-order chi connectivity index (χ0) is 19.1. The largest absolute Gasteiger partial charge is 0.484 e. The van der Waals surface area contributed by atoms with E-state index in [4.69, 9.17) is 10.00 Å². The molecule has 1 heterocycles. The van der Waals surface area contributed by atoms with Crippen molar-refractivity contribution in [3.05, 3.63) is 60.2 Å². The number of anilines is 1. The summed E-state index contributed by atoms with van der Waals surface area (Å²) in [5.74, 6) is 0.422. The van der Waals surface area contributed by atoms with Gasteiger partial charge in [-0.15, -0.1) is 0 Å². The van der Waals surface area contributed by atoms with E-state index < -0.39 is 0 Å². The highest BCUT2D eigenvalue weighted by molar-refractivity contribution is 5.89. The van der Waals surface area contributed by atoms with E-state index in [-0.39, 0.29) is 18.5 Å². The number of urea groups is 1. The van der Waals surface area contributed by atoms with Gasteiger partial charge in [0.25, 0.3) is 5.91 Å². The van der Waals surface area contributed by atoms with Crippen molar-refractivity contribution in [3.8, 4) is 11.8 Å². The summed E-state index contributed by atoms with van der Waals surface area (Å²) in [7, 11) is 0. The molecule has 7 heteroatoms. The van der Waals surface area contributed by atoms with Crippen LogP contribution >= 0.6 is 0 Å². The lowest BCUT2D eigenvalue weighted by Crippen LogP contribution is -2.52. The fraction of sp³-hybridized carbons (Fsp3) is 0.250. The van der Waals surface area contributed by atoms with Crippen LogP contribution in [0, 0.1) is 11.3 Å². The molecule has 0 aliphatic carbocycles. The first kappa shape index (κ1) is 18.3. The Balaban J connectivity index is 1.43. The molecule has 27 heavy (non-hydrogen) atoms. The Hall–Kier alpha value is -3.53. The van der Waals surface area contributed by atoms with E-state index in [1.165, 1.54) is 0 Å². The number of ether oxygens (including phenoxy) is 1. The van der Waals surface area contributed by atoms with Gasteiger partial charge in [0.05, 0.1) is 11.6 Å². The van der Waals surface area contributed by atoms with Crippen LogP contribution < -0.4 is 10.1 Å². The summed E-state index contributed by atoms with van der Waals surface area (Å²) in [6, 6.07) is 17.8. The molecule has 1 aliphatic heterocycles. The minimum Gasteiger partial charge on any atom is -0.484 e. The number of benzene rings is 2. The van der Waals surface area contributed by atoms with Crippen molar-refractivity contribution < 1.29 is 14.3 Å². The fourth-order valence-electron chi connectivity index (χ4n) is 2.75. The molecule has 1 saturated heterocycles. The normalized spacial score (nSPS) is 13.6. The van der Waals surface area contributed by atoms with Gasteiger partial charge in [-0.2, -0.15) is 5.26 Å². The molecular formula is C20H20N4O3. The average molecular weight is 364 g/mol. The molecule has 3 amide bonds. The van der Waals surface area contributed by atoms with Crippen LogP contribution in [-0.4, -0.2) is 54.5 Å². The Morgan fingerprint density at radius 3 is 2.22 bits per heavy atom. The third-order valence-electron chi connectivity index (χ3n) is 4.29. The Bertz CT molecular complexity index is 823. The van der Waals surface area contributed by atoms with E-state index in [1.807, 2.05) is 36.4 Å². The van der Waals surface area contributed by atoms with E-state index in [0.717, 1.165) is 5.69 Å². The van der Waals surface area contributed by atoms with Gasteiger partial charge in [0.2, 0.25) is 0 Å². The van der Waals surface area contributed by atoms with E-state index in [2.05, 4.69) is 5.32 Å². The topological polar surface area (TPSA) is 85.7 Å². The molecule has 138 valence electrons. The highest BCUT2D eigenvalue weighted by Crippen LogP contribution is 2.12. The van der Waals surface area contributed by atoms with Gasteiger partial charge in [-0.3, -0.25) is 4.79 Å². The van der Waals surface area contributed by atoms with Crippen LogP contribution in [0.4, 0.5) is 10.5 Å². The van der Waals surface area contributed by atoms with Crippen molar-refractivity contribution in [1.29, 1.82) is 5.26 Å². The van der Waals surface area contributed by atoms with Crippen LogP contribution in [0.25, 0.3) is 0 Å². The molecule has 0 spiro atoms. The predicted molar refractivity (Wildman–Crippen MR) is 100 cm³/mol. The molecule has 0 atom stereocenters. The van der Waals surface area contributed by atoms with Crippen molar-refractivity contribution in [1.82, 2.24) is 9.80 Å². The van der Waals surface area contributed by atoms with Gasteiger partial charge in [0.15, 0.2) is 6.61 Å². The van der Waals surface area contributed by atoms with Crippen LogP contribution in [-0.2, 0) is 4.79 Å². The lowest BCUT2D eigenvalue weighted by Gasteiger charge is -2.34. The Labute approximate surface area is 157 Å². The van der Waals surface area contributed by atoms with Crippen molar-refractivity contribution in [3.63, 3.8) is 0 Å². The molecular weight excluding hydrogens is 344 g/mol. The van der Waals surface area contributed by atoms with Gasteiger partial charge < -0.3 is 19.9 Å². The number of nitrogens with one attached hydrogen (secondary N) is 1. The third-order valence-corrected chi connectivity index (χ3v) is 4.29. The number of hydrogen-bond acceptors (Lipinski definition) is 4. The molecule has 0 unspecified atom stereocenters. The maximum atomic E-state index is 12.3. The minimum absolute atomic E-state index is 0.0673. The summed E-state index contributed by atoms with van der Waals surface area (Å²) in [4.78, 5) is 27.9. The zero-order valence-electron chi connectivity index (χ0n) is 14.8. The Morgan fingerprint density at radius 2 is 1.59 bits per heavy atom. The molecule has 1 N–H and O–H groups in total. The predicted octanol–water partition coefficient (Wildman–Crippen LogP) is 2.31. The first-order chi connectivity index (χ1) is 13.2. The van der Waals surface area contributed by atoms with Gasteiger partial charge in [0.1, 0.15) is 5.75 Å². The summed E-state index contributed by atoms with van der Waals surface area (Å²) in [6.45, 7) is 1.82. The lowest BCUT2D eigenvalue weighted by atomic mass is 10.2. The molecule has 0 radical (unpaired) electrons. The van der Waals surface area contributed by atoms with Crippen LogP contribution in [0.15, 0.2) is 54.6 Å². The lowest BCUT2D eigenvalue weighted by molar-refractivity contribution is -0.134. The number of nitriles is 1. The third kappa shape index (κ3) is 4.98. The molecule has 2 aromatic rings. The van der Waals surface area contributed by atoms with E-state index >= 15 is 0 Å². The van der Waals surface area contributed by atoms with Crippen LogP contribution in [0.1, 0.15) is 5.56 Å². The summed E-state index contributed by atoms with van der Waals surface area (Å²) in [5, 5.41) is 11.6. The maximum absolute atomic E-state index is 12.3. The molecule has 1 aliphatic rings. The molecule has 1 fully saturated rings. The molecule has 0 saturated carbocycles. The summed E-state index contributed by atoms with van der Waals surface area (Å²) < 4.78 is 5.48. The number of nitrogens with zero attached hydrogens (tertiary/aromatic N) is 3. The number of carbonyl (C=O) groups is 2. The summed E-state index contributed by atoms with van der Waals surface area (Å²) in [6.07, 6.45) is 0. The van der Waals surface area contributed by atoms with Crippen molar-refractivity contribution in [2.75, 3.05) is 38.1 Å². The number of hydrogen-bond donors (Lipinski definition) is 1. The maximum Gasteiger partial charge on any atom is 0.321 e. The fourth-order valence-corrected chi connectivity index (χ4v) is 2.75. The number of carbonyl (C=O) groups excluding carboxylic acids is 2. The summed E-state index contributed by atoms with van der Waals surface area (Å²) in [5.41, 5.74) is 1.29. The highest BCUT2D eigenvalue weighted by Gasteiger charge is 2.24. The van der Waals surface area contributed by atoms with Crippen LogP contribution in [0.3, 0.4) is 0 Å². The highest BCUT2D eigenvalue weighted by atomic mass is 16.5. The number of piperazine rings is 1. The van der Waals surface area contributed by atoms with Gasteiger partial charge in [-0.25, -0.2) is 4.79 Å². The Morgan fingerprint density at radius 1 is 0.963 bits per heavy atom. The Kier molecular flexibility index (Phi) is 5.90. The second kappa shape index (κ2) is 8.72. The van der Waals surface area contributed by atoms with Gasteiger partial charge in [-0.1, -0.05) is 18.2 Å². The van der Waals surface area contributed by atoms with E-state index in [9.17, 15) is 9.59 Å². The van der Waals surface area contributed by atoms with Crippen LogP contribution in [0.5, 0.6) is 5.75 Å². The van der Waals surface area contributed by atoms with Crippen molar-refractivity contribution >= 4 is 17.6 Å². The standard InChI is InChI=1S/C20H20N4O3/c21-14-16-6-8-18(9-7-16)27-15-19(25)23-10-12-24(13-11-23)20(26)22-17-4-2-1-3-5-17/h1-9H,10-13,15H2,(H,22,26). The number of rotatable bonds is 4. The smallest absolute Gasteiger partial charge is 0.321 e. The molecule has 2 aromatic carbocycles. The summed E-state index contributed by atoms with van der Waals surface area (Å²) >= 11 is 0.